The molecule has 2 aliphatic rings. The van der Waals surface area contributed by atoms with E-state index in [1.807, 2.05) is 9.80 Å². The fourth-order valence-corrected chi connectivity index (χ4v) is 6.43. The summed E-state index contributed by atoms with van der Waals surface area (Å²) in [6.07, 6.45) is -0.00594. The van der Waals surface area contributed by atoms with Gasteiger partial charge in [0.25, 0.3) is 5.91 Å². The summed E-state index contributed by atoms with van der Waals surface area (Å²) < 4.78 is 54.8. The lowest BCUT2D eigenvalue weighted by Crippen LogP contribution is -2.48. The molecule has 15 heteroatoms. The summed E-state index contributed by atoms with van der Waals surface area (Å²) in [4.78, 5) is 43.6. The Morgan fingerprint density at radius 2 is 1.74 bits per heavy atom. The highest BCUT2D eigenvalue weighted by molar-refractivity contribution is 7.16. The number of hydrogen-bond donors (Lipinski definition) is 2. The smallest absolute Gasteiger partial charge is 0.416 e. The van der Waals surface area contributed by atoms with Crippen LogP contribution in [0.15, 0.2) is 30.6 Å². The van der Waals surface area contributed by atoms with E-state index in [0.717, 1.165) is 36.3 Å². The van der Waals surface area contributed by atoms with Crippen molar-refractivity contribution in [3.05, 3.63) is 52.5 Å². The molecule has 2 atom stereocenters. The summed E-state index contributed by atoms with van der Waals surface area (Å²) in [5.41, 5.74) is -0.946. The van der Waals surface area contributed by atoms with Crippen LogP contribution >= 0.6 is 11.3 Å². The van der Waals surface area contributed by atoms with E-state index in [-0.39, 0.29) is 40.7 Å². The van der Waals surface area contributed by atoms with E-state index in [9.17, 15) is 27.2 Å². The lowest BCUT2D eigenvalue weighted by molar-refractivity contribution is -0.139. The van der Waals surface area contributed by atoms with Crippen LogP contribution in [0.5, 0.6) is 0 Å². The molecule has 2 aromatic heterocycles. The molecule has 0 saturated carbocycles. The number of amides is 1. The number of carbonyl (C=O) groups is 2. The molecule has 2 aliphatic heterocycles. The molecule has 0 unspecified atom stereocenters. The van der Waals surface area contributed by atoms with E-state index in [1.54, 1.807) is 0 Å². The molecular weight excluding hydrogens is 590 g/mol. The van der Waals surface area contributed by atoms with Gasteiger partial charge in [0.2, 0.25) is 0 Å². The molecule has 2 fully saturated rings. The first-order chi connectivity index (χ1) is 20.4. The first kappa shape index (κ1) is 30.8. The van der Waals surface area contributed by atoms with Crippen LogP contribution < -0.4 is 10.2 Å². The Labute approximate surface area is 249 Å². The minimum atomic E-state index is -4.74. The van der Waals surface area contributed by atoms with Crippen LogP contribution in [0, 0.1) is 5.82 Å². The summed E-state index contributed by atoms with van der Waals surface area (Å²) in [5, 5.41) is 11.8. The minimum Gasteiger partial charge on any atom is -0.480 e. The number of halogens is 4. The fourth-order valence-electron chi connectivity index (χ4n) is 5.44. The molecule has 1 amide bonds. The number of thiazole rings is 1. The first-order valence-corrected chi connectivity index (χ1v) is 14.6. The van der Waals surface area contributed by atoms with Gasteiger partial charge in [-0.15, -0.1) is 0 Å². The molecule has 230 valence electrons. The second kappa shape index (κ2) is 12.5. The van der Waals surface area contributed by atoms with Gasteiger partial charge in [-0.3, -0.25) is 24.7 Å². The fraction of sp³-hybridized carbons (Fsp3) is 0.464. The number of nitrogens with one attached hydrogen (secondary N) is 1. The van der Waals surface area contributed by atoms with Crippen LogP contribution in [0.25, 0.3) is 11.3 Å². The maximum Gasteiger partial charge on any atom is 0.416 e. The third-order valence-corrected chi connectivity index (χ3v) is 8.76. The van der Waals surface area contributed by atoms with E-state index < -0.39 is 29.4 Å². The van der Waals surface area contributed by atoms with E-state index in [0.29, 0.717) is 49.5 Å². The summed E-state index contributed by atoms with van der Waals surface area (Å²) >= 11 is 1.13. The van der Waals surface area contributed by atoms with Gasteiger partial charge < -0.3 is 10.0 Å². The Bertz CT molecular complexity index is 1470. The van der Waals surface area contributed by atoms with Crippen molar-refractivity contribution in [3.63, 3.8) is 0 Å². The minimum absolute atomic E-state index is 0.0125. The van der Waals surface area contributed by atoms with Crippen molar-refractivity contribution in [1.82, 2.24) is 24.8 Å². The Balaban J connectivity index is 1.35. The van der Waals surface area contributed by atoms with Crippen LogP contribution in [-0.4, -0.2) is 86.5 Å². The number of aromatic nitrogens is 3. The zero-order valence-corrected chi connectivity index (χ0v) is 24.4. The van der Waals surface area contributed by atoms with Gasteiger partial charge in [0, 0.05) is 55.2 Å². The number of anilines is 2. The Hall–Kier alpha value is -3.69. The molecular formula is C28H31F4N7O3S. The molecule has 4 heterocycles. The van der Waals surface area contributed by atoms with Crippen molar-refractivity contribution in [2.45, 2.75) is 51.5 Å². The average molecular weight is 622 g/mol. The highest BCUT2D eigenvalue weighted by atomic mass is 32.1. The van der Waals surface area contributed by atoms with Crippen LogP contribution in [0.1, 0.15) is 47.6 Å². The maximum atomic E-state index is 14.3. The van der Waals surface area contributed by atoms with Gasteiger partial charge in [-0.05, 0) is 44.9 Å². The Morgan fingerprint density at radius 3 is 2.35 bits per heavy atom. The molecule has 0 bridgehead atoms. The van der Waals surface area contributed by atoms with Crippen molar-refractivity contribution in [1.29, 1.82) is 0 Å². The highest BCUT2D eigenvalue weighted by Crippen LogP contribution is 2.38. The lowest BCUT2D eigenvalue weighted by atomic mass is 10.1. The van der Waals surface area contributed by atoms with Crippen LogP contribution in [0.2, 0.25) is 0 Å². The predicted octanol–water partition coefficient (Wildman–Crippen LogP) is 4.59. The normalized spacial score (nSPS) is 20.0. The Morgan fingerprint density at radius 1 is 1.05 bits per heavy atom. The SMILES string of the molecule is C[C@@H]1CC[C@@H](C)N1Cc1sc(NC(=O)c2cnc(N3CCN(CC(=O)O)CC3)cn2)nc1-c1cc(F)cc(C(F)(F)F)c1. The van der Waals surface area contributed by atoms with E-state index in [1.165, 1.54) is 12.4 Å². The molecule has 0 aliphatic carbocycles. The number of benzene rings is 1. The van der Waals surface area contributed by atoms with Crippen molar-refractivity contribution < 1.29 is 32.3 Å². The van der Waals surface area contributed by atoms with Gasteiger partial charge in [-0.1, -0.05) is 11.3 Å². The van der Waals surface area contributed by atoms with Crippen LogP contribution in [0.3, 0.4) is 0 Å². The van der Waals surface area contributed by atoms with Gasteiger partial charge in [-0.25, -0.2) is 19.3 Å². The number of carboxylic acids is 1. The average Bonchev–Trinajstić information content (AvgIpc) is 3.50. The number of alkyl halides is 3. The standard InChI is InChI=1S/C28H31F4N7O3S/c1-16-3-4-17(2)39(16)14-22-25(18-9-19(28(30,31)32)11-20(29)10-18)35-27(43-22)36-26(42)21-12-34-23(13-33-21)38-7-5-37(6-8-38)15-24(40)41/h9-13,16-17H,3-8,14-15H2,1-2H3,(H,40,41)(H,35,36,42)/t16-,17-/m1/s1. The number of hydrogen-bond acceptors (Lipinski definition) is 9. The first-order valence-electron chi connectivity index (χ1n) is 13.8. The van der Waals surface area contributed by atoms with Crippen molar-refractivity contribution >= 4 is 34.2 Å². The molecule has 2 N–H and O–H groups in total. The molecule has 1 aromatic carbocycles. The molecule has 10 nitrogen and oxygen atoms in total. The predicted molar refractivity (Wildman–Crippen MR) is 152 cm³/mol. The zero-order valence-electron chi connectivity index (χ0n) is 23.6. The van der Waals surface area contributed by atoms with Gasteiger partial charge in [0.15, 0.2) is 5.13 Å². The lowest BCUT2D eigenvalue weighted by Gasteiger charge is -2.34. The van der Waals surface area contributed by atoms with Gasteiger partial charge >= 0.3 is 12.1 Å². The monoisotopic (exact) mass is 621 g/mol. The van der Waals surface area contributed by atoms with Gasteiger partial charge in [0.1, 0.15) is 17.3 Å². The van der Waals surface area contributed by atoms with Gasteiger partial charge in [-0.2, -0.15) is 13.2 Å². The largest absolute Gasteiger partial charge is 0.480 e. The summed E-state index contributed by atoms with van der Waals surface area (Å²) in [6.45, 7) is 6.73. The zero-order chi connectivity index (χ0) is 30.9. The number of aliphatic carboxylic acids is 1. The van der Waals surface area contributed by atoms with Crippen molar-refractivity contribution in [2.75, 3.05) is 42.9 Å². The number of rotatable bonds is 8. The highest BCUT2D eigenvalue weighted by Gasteiger charge is 2.33. The second-order valence-corrected chi connectivity index (χ2v) is 11.9. The maximum absolute atomic E-state index is 14.3. The molecule has 3 aromatic rings. The molecule has 2 saturated heterocycles. The molecule has 43 heavy (non-hydrogen) atoms. The molecule has 0 spiro atoms. The van der Waals surface area contributed by atoms with Gasteiger partial charge in [0.05, 0.1) is 30.2 Å². The number of carboxylic acid groups (broad SMARTS) is 1. The number of nitrogens with zero attached hydrogens (tertiary/aromatic N) is 6. The summed E-state index contributed by atoms with van der Waals surface area (Å²) in [6, 6.07) is 2.82. The second-order valence-electron chi connectivity index (χ2n) is 10.8. The third kappa shape index (κ3) is 7.28. The third-order valence-electron chi connectivity index (χ3n) is 7.80. The van der Waals surface area contributed by atoms with Crippen molar-refractivity contribution in [3.8, 4) is 11.3 Å². The number of carbonyl (C=O) groups excluding carboxylic acids is 1. The summed E-state index contributed by atoms with van der Waals surface area (Å²) in [7, 11) is 0. The summed E-state index contributed by atoms with van der Waals surface area (Å²) in [5.74, 6) is -1.97. The van der Waals surface area contributed by atoms with Crippen LogP contribution in [0.4, 0.5) is 28.5 Å². The quantitative estimate of drug-likeness (QED) is 0.349. The van der Waals surface area contributed by atoms with Crippen molar-refractivity contribution in [2.24, 2.45) is 0 Å². The van der Waals surface area contributed by atoms with E-state index in [2.05, 4.69) is 39.0 Å². The van der Waals surface area contributed by atoms with E-state index in [4.69, 9.17) is 5.11 Å². The molecule has 5 rings (SSSR count). The number of likely N-dealkylation sites (tertiary alicyclic amines) is 1. The Kier molecular flexibility index (Phi) is 8.94. The topological polar surface area (TPSA) is 115 Å². The molecule has 0 radical (unpaired) electrons. The van der Waals surface area contributed by atoms with E-state index >= 15 is 0 Å². The van der Waals surface area contributed by atoms with Crippen LogP contribution in [-0.2, 0) is 17.5 Å². The number of piperazine rings is 1.